The molecule has 0 amide bonds. The summed E-state index contributed by atoms with van der Waals surface area (Å²) in [6.45, 7) is 13.2. The van der Waals surface area contributed by atoms with Gasteiger partial charge in [0.2, 0.25) is 0 Å². The van der Waals surface area contributed by atoms with Crippen molar-refractivity contribution in [3.05, 3.63) is 11.6 Å². The monoisotopic (exact) mass is 1090 g/mol. The van der Waals surface area contributed by atoms with Crippen molar-refractivity contribution < 1.29 is 113 Å². The first kappa shape index (κ1) is 58.7. The second kappa shape index (κ2) is 21.1. The van der Waals surface area contributed by atoms with Crippen LogP contribution in [0.5, 0.6) is 0 Å². The van der Waals surface area contributed by atoms with Crippen LogP contribution < -0.4 is 0 Å². The zero-order valence-corrected chi connectivity index (χ0v) is 44.7. The lowest BCUT2D eigenvalue weighted by atomic mass is 9.34. The van der Waals surface area contributed by atoms with Gasteiger partial charge in [0.25, 0.3) is 0 Å². The molecule has 0 aromatic heterocycles. The molecule has 23 nitrogen and oxygen atoms in total. The van der Waals surface area contributed by atoms with Crippen LogP contribution in [0.1, 0.15) is 106 Å². The third-order valence-electron chi connectivity index (χ3n) is 20.6. The summed E-state index contributed by atoms with van der Waals surface area (Å²) in [4.78, 5) is 28.0. The molecule has 0 aromatic rings. The van der Waals surface area contributed by atoms with E-state index in [1.54, 1.807) is 0 Å². The largest absolute Gasteiger partial charge is 0.467 e. The van der Waals surface area contributed by atoms with Crippen LogP contribution in [-0.4, -0.2) is 228 Å². The lowest BCUT2D eigenvalue weighted by Gasteiger charge is -2.71. The fraction of sp³-hybridized carbons (Fsp3) is 0.925. The first-order valence-electron chi connectivity index (χ1n) is 27.1. The maximum absolute atomic E-state index is 14.3. The Labute approximate surface area is 442 Å². The zero-order chi connectivity index (χ0) is 55.6. The highest BCUT2D eigenvalue weighted by molar-refractivity contribution is 5.91. The quantitative estimate of drug-likeness (QED) is 0.0616. The molecule has 0 radical (unpaired) electrons. The van der Waals surface area contributed by atoms with Crippen LogP contribution in [0.4, 0.5) is 0 Å². The molecule has 12 N–H and O–H groups in total. The number of carbonyl (C=O) groups is 2. The van der Waals surface area contributed by atoms with Gasteiger partial charge >= 0.3 is 5.97 Å². The summed E-state index contributed by atoms with van der Waals surface area (Å²) in [5.74, 6) is -1.35. The first-order chi connectivity index (χ1) is 35.5. The first-order valence-corrected chi connectivity index (χ1v) is 27.1. The Hall–Kier alpha value is -1.92. The van der Waals surface area contributed by atoms with Crippen LogP contribution in [-0.2, 0) is 52.2 Å². The van der Waals surface area contributed by atoms with Gasteiger partial charge in [0.05, 0.1) is 33.0 Å². The fourth-order valence-corrected chi connectivity index (χ4v) is 15.9. The minimum absolute atomic E-state index is 0.0171. The molecule has 1 unspecified atom stereocenters. The number of carbonyl (C=O) groups excluding carboxylic acids is 2. The number of aliphatic hydroxyl groups is 12. The van der Waals surface area contributed by atoms with Gasteiger partial charge in [-0.3, -0.25) is 4.79 Å². The zero-order valence-electron chi connectivity index (χ0n) is 44.7. The van der Waals surface area contributed by atoms with Crippen molar-refractivity contribution >= 4 is 11.8 Å². The Bertz CT molecular complexity index is 2140. The Balaban J connectivity index is 1.05. The number of Topliss-reactive ketones (excluding diaryl/α,β-unsaturated/α-hetero) is 1. The average Bonchev–Trinajstić information content (AvgIpc) is 3.54. The van der Waals surface area contributed by atoms with Crippen molar-refractivity contribution in [1.82, 2.24) is 0 Å². The lowest BCUT2D eigenvalue weighted by Crippen LogP contribution is -2.69. The normalized spacial score (nSPS) is 53.0. The van der Waals surface area contributed by atoms with Gasteiger partial charge in [-0.25, -0.2) is 4.79 Å². The summed E-state index contributed by atoms with van der Waals surface area (Å²) in [7, 11) is 1.05. The van der Waals surface area contributed by atoms with Crippen molar-refractivity contribution in [1.29, 1.82) is 0 Å². The van der Waals surface area contributed by atoms with Crippen molar-refractivity contribution in [3.8, 4) is 0 Å². The third-order valence-corrected chi connectivity index (χ3v) is 20.6. The molecule has 0 bridgehead atoms. The van der Waals surface area contributed by atoms with E-state index >= 15 is 0 Å². The van der Waals surface area contributed by atoms with Crippen molar-refractivity contribution in [2.45, 2.75) is 235 Å². The van der Waals surface area contributed by atoms with E-state index in [0.29, 0.717) is 19.3 Å². The summed E-state index contributed by atoms with van der Waals surface area (Å²) < 4.78 is 54.3. The van der Waals surface area contributed by atoms with Gasteiger partial charge in [-0.05, 0) is 84.9 Å². The molecular formula is C53H84O23. The number of rotatable bonds is 11. The molecule has 4 heterocycles. The molecule has 8 fully saturated rings. The van der Waals surface area contributed by atoms with E-state index in [1.165, 1.54) is 5.57 Å². The molecule has 4 aliphatic heterocycles. The smallest absolute Gasteiger partial charge is 0.337 e. The average molecular weight is 1090 g/mol. The molecule has 9 rings (SSSR count). The number of ether oxygens (including phenoxy) is 9. The standard InChI is InChI=1S/C53H84O23/c1-48(2)15-16-53(67)23(17-48)22-9-10-28-50(5)13-12-30(49(3,4)27(50)11-14-51(28,6)52(22,7)18-29(53)57)72-47-42(76-45-37(64)34(61)32(59)25(19-54)70-45)39(38(65)40(74-47)43(66)68-8)73-46-41(35(62)33(60)26(20-55)71-46)75-44-36(63)31(58)24(56)21-69-44/h9,23-28,30-42,44-47,54-56,58-65,67H,10-21H2,1-8H3/t23-,24+,25-,26+,27?,28+,30-,31-,32+,33-,34+,35-,36+,37-,38-,39-,40-,41+,42+,44-,45+,46-,47+,50-,51+,52+,53+/m0/s1. The second-order valence-electron chi connectivity index (χ2n) is 25.6. The predicted molar refractivity (Wildman–Crippen MR) is 257 cm³/mol. The molecule has 4 saturated heterocycles. The van der Waals surface area contributed by atoms with E-state index in [2.05, 4.69) is 54.5 Å². The van der Waals surface area contributed by atoms with Crippen molar-refractivity contribution in [2.75, 3.05) is 26.9 Å². The topological polar surface area (TPSA) is 360 Å². The summed E-state index contributed by atoms with van der Waals surface area (Å²) in [6.07, 6.45) is -28.0. The SMILES string of the molecule is COC(=O)[C@H]1O[C@@H](O[C@H]2CC[C@@]3(C)C(CC[C@]4(C)[C@@H]3CC=C3[C@@H]5CC(C)(C)CC[C@]5(O)C(=O)C[C@]34C)C2(C)C)[C@H](O[C@H]2O[C@@H](CO)[C@@H](O)[C@@H](O)[C@@H]2O)[C@@H](O[C@@H]2O[C@H](CO)[C@H](O)[C@H](O)[C@H]2O[C@@H]2OC[C@@H](O)[C@H](O)[C@H]2O)[C@@H]1O. The Morgan fingerprint density at radius 2 is 1.25 bits per heavy atom. The predicted octanol–water partition coefficient (Wildman–Crippen LogP) is -1.81. The highest BCUT2D eigenvalue weighted by Gasteiger charge is 2.71. The summed E-state index contributed by atoms with van der Waals surface area (Å²) in [5.41, 5.74) is -2.05. The molecule has 434 valence electrons. The van der Waals surface area contributed by atoms with Crippen LogP contribution >= 0.6 is 0 Å². The molecule has 4 saturated carbocycles. The van der Waals surface area contributed by atoms with E-state index in [9.17, 15) is 70.9 Å². The third kappa shape index (κ3) is 9.47. The molecule has 76 heavy (non-hydrogen) atoms. The molecule has 23 heteroatoms. The van der Waals surface area contributed by atoms with Crippen molar-refractivity contribution in [2.24, 2.45) is 44.8 Å². The maximum Gasteiger partial charge on any atom is 0.337 e. The fourth-order valence-electron chi connectivity index (χ4n) is 15.9. The van der Waals surface area contributed by atoms with Crippen molar-refractivity contribution in [3.63, 3.8) is 0 Å². The summed E-state index contributed by atoms with van der Waals surface area (Å²) in [5, 5.41) is 132. The highest BCUT2D eigenvalue weighted by atomic mass is 16.8. The number of hydrogen-bond acceptors (Lipinski definition) is 23. The molecule has 5 aliphatic carbocycles. The number of hydrogen-bond donors (Lipinski definition) is 12. The van der Waals surface area contributed by atoms with E-state index < -0.39 is 165 Å². The molecule has 9 aliphatic rings. The van der Waals surface area contributed by atoms with Gasteiger partial charge in [-0.1, -0.05) is 60.1 Å². The number of allylic oxidation sites excluding steroid dienone is 1. The van der Waals surface area contributed by atoms with Crippen LogP contribution in [0.25, 0.3) is 0 Å². The summed E-state index contributed by atoms with van der Waals surface area (Å²) in [6, 6.07) is 0. The van der Waals surface area contributed by atoms with E-state index in [4.69, 9.17) is 42.6 Å². The maximum atomic E-state index is 14.3. The van der Waals surface area contributed by atoms with Crippen LogP contribution in [0.15, 0.2) is 11.6 Å². The Kier molecular flexibility index (Phi) is 16.3. The second-order valence-corrected chi connectivity index (χ2v) is 25.6. The number of aliphatic hydroxyl groups excluding tert-OH is 11. The minimum Gasteiger partial charge on any atom is -0.467 e. The molecule has 0 spiro atoms. The van der Waals surface area contributed by atoms with Gasteiger partial charge in [-0.2, -0.15) is 0 Å². The molecule has 0 aromatic carbocycles. The van der Waals surface area contributed by atoms with E-state index in [0.717, 1.165) is 39.2 Å². The van der Waals surface area contributed by atoms with Gasteiger partial charge in [0.15, 0.2) is 37.0 Å². The Morgan fingerprint density at radius 3 is 1.91 bits per heavy atom. The van der Waals surface area contributed by atoms with Gasteiger partial charge in [-0.15, -0.1) is 0 Å². The highest BCUT2D eigenvalue weighted by Crippen LogP contribution is 2.74. The molecule has 27 atom stereocenters. The van der Waals surface area contributed by atoms with Gasteiger partial charge < -0.3 is 104 Å². The minimum atomic E-state index is -2.11. The number of methoxy groups -OCH3 is 1. The molecular weight excluding hydrogens is 1000 g/mol. The lowest BCUT2D eigenvalue weighted by molar-refractivity contribution is -0.405. The van der Waals surface area contributed by atoms with Crippen LogP contribution in [0.2, 0.25) is 0 Å². The number of ketones is 1. The Morgan fingerprint density at radius 1 is 0.645 bits per heavy atom. The van der Waals surface area contributed by atoms with Gasteiger partial charge in [0.1, 0.15) is 91.1 Å². The van der Waals surface area contributed by atoms with E-state index in [-0.39, 0.29) is 46.2 Å². The van der Waals surface area contributed by atoms with Crippen LogP contribution in [0, 0.1) is 44.8 Å². The summed E-state index contributed by atoms with van der Waals surface area (Å²) >= 11 is 0. The van der Waals surface area contributed by atoms with Gasteiger partial charge in [0, 0.05) is 17.8 Å². The number of fused-ring (bicyclic) bond motifs is 7. The van der Waals surface area contributed by atoms with E-state index in [1.807, 2.05) is 0 Å². The number of esters is 1. The van der Waals surface area contributed by atoms with Crippen LogP contribution in [0.3, 0.4) is 0 Å².